The van der Waals surface area contributed by atoms with Crippen molar-refractivity contribution in [2.45, 2.75) is 26.8 Å². The number of hydrazone groups is 1. The summed E-state index contributed by atoms with van der Waals surface area (Å²) >= 11 is 0. The topological polar surface area (TPSA) is 145 Å². The zero-order valence-electron chi connectivity index (χ0n) is 19.8. The summed E-state index contributed by atoms with van der Waals surface area (Å²) in [5.41, 5.74) is 4.10. The Hall–Kier alpha value is -4.67. The van der Waals surface area contributed by atoms with E-state index in [0.717, 1.165) is 5.56 Å². The number of amides is 2. The highest BCUT2D eigenvalue weighted by Gasteiger charge is 2.25. The third-order valence-corrected chi connectivity index (χ3v) is 5.56. The molecule has 1 aromatic heterocycles. The van der Waals surface area contributed by atoms with E-state index in [1.54, 1.807) is 50.2 Å². The zero-order chi connectivity index (χ0) is 25.8. The van der Waals surface area contributed by atoms with Crippen molar-refractivity contribution in [2.75, 3.05) is 6.79 Å². The summed E-state index contributed by atoms with van der Waals surface area (Å²) < 4.78 is 16.3. The van der Waals surface area contributed by atoms with E-state index in [1.807, 2.05) is 6.92 Å². The summed E-state index contributed by atoms with van der Waals surface area (Å²) in [7, 11) is 0. The quantitative estimate of drug-likeness (QED) is 0.276. The van der Waals surface area contributed by atoms with Gasteiger partial charge in [-0.05, 0) is 48.7 Å². The number of nitrogens with one attached hydrogen (secondary N) is 2. The monoisotopic (exact) mass is 492 g/mol. The molecule has 2 heterocycles. The lowest BCUT2D eigenvalue weighted by molar-refractivity contribution is -0.384. The molecule has 0 saturated heterocycles. The number of ether oxygens (including phenoxy) is 2. The van der Waals surface area contributed by atoms with Crippen LogP contribution < -0.4 is 20.2 Å². The van der Waals surface area contributed by atoms with Gasteiger partial charge in [0.1, 0.15) is 17.6 Å². The molecule has 36 heavy (non-hydrogen) atoms. The number of carbonyl (C=O) groups excluding carboxylic acids is 2. The summed E-state index contributed by atoms with van der Waals surface area (Å²) in [5, 5.41) is 17.7. The minimum atomic E-state index is -0.847. The molecule has 11 heteroatoms. The highest BCUT2D eigenvalue weighted by molar-refractivity contribution is 5.98. The highest BCUT2D eigenvalue weighted by Crippen LogP contribution is 2.32. The predicted molar refractivity (Wildman–Crippen MR) is 130 cm³/mol. The lowest BCUT2D eigenvalue weighted by atomic mass is 10.0. The number of nitro benzene ring substituents is 1. The van der Waals surface area contributed by atoms with Gasteiger partial charge in [-0.2, -0.15) is 5.10 Å². The van der Waals surface area contributed by atoms with Gasteiger partial charge in [-0.1, -0.05) is 19.9 Å². The molecule has 4 rings (SSSR count). The molecule has 186 valence electrons. The SMILES string of the molecule is Cc1ccc([N+](=O)[O-])cc1-c1ccc(/C=N\NC(=O)[C@@H](NC(=O)c2ccc3c(c2)OCO3)C(C)C)o1. The average Bonchev–Trinajstić information content (AvgIpc) is 3.51. The Kier molecular flexibility index (Phi) is 7.00. The van der Waals surface area contributed by atoms with Crippen LogP contribution in [-0.4, -0.2) is 35.8 Å². The fraction of sp³-hybridized carbons (Fsp3) is 0.240. The Morgan fingerprint density at radius 1 is 1.08 bits per heavy atom. The van der Waals surface area contributed by atoms with Gasteiger partial charge in [-0.25, -0.2) is 5.43 Å². The van der Waals surface area contributed by atoms with Gasteiger partial charge in [-0.3, -0.25) is 19.7 Å². The standard InChI is InChI=1S/C25H24N4O7/c1-14(2)23(27-24(30)16-5-8-21-22(10-16)35-13-34-21)25(31)28-26-12-18-7-9-20(36-18)19-11-17(29(32)33)6-4-15(19)3/h4-12,14,23H,13H2,1-3H3,(H,27,30)(H,28,31)/b26-12-/t23-/m0/s1. The number of aryl methyl sites for hydroxylation is 1. The van der Waals surface area contributed by atoms with Crippen LogP contribution in [0.2, 0.25) is 0 Å². The molecular formula is C25H24N4O7. The number of fused-ring (bicyclic) bond motifs is 1. The first-order valence-corrected chi connectivity index (χ1v) is 11.1. The zero-order valence-corrected chi connectivity index (χ0v) is 19.8. The maximum Gasteiger partial charge on any atom is 0.270 e. The van der Waals surface area contributed by atoms with E-state index in [2.05, 4.69) is 15.8 Å². The molecule has 2 N–H and O–H groups in total. The van der Waals surface area contributed by atoms with Gasteiger partial charge in [0.15, 0.2) is 11.5 Å². The van der Waals surface area contributed by atoms with Crippen molar-refractivity contribution >= 4 is 23.7 Å². The maximum absolute atomic E-state index is 12.7. The smallest absolute Gasteiger partial charge is 0.270 e. The molecule has 2 aromatic carbocycles. The van der Waals surface area contributed by atoms with E-state index in [-0.39, 0.29) is 18.4 Å². The Bertz CT molecular complexity index is 1350. The van der Waals surface area contributed by atoms with Crippen molar-refractivity contribution in [3.05, 3.63) is 75.5 Å². The third-order valence-electron chi connectivity index (χ3n) is 5.56. The van der Waals surface area contributed by atoms with Crippen LogP contribution in [0.3, 0.4) is 0 Å². The Balaban J connectivity index is 1.40. The molecule has 11 nitrogen and oxygen atoms in total. The van der Waals surface area contributed by atoms with Crippen LogP contribution in [0.4, 0.5) is 5.69 Å². The van der Waals surface area contributed by atoms with Crippen molar-refractivity contribution in [2.24, 2.45) is 11.0 Å². The second-order valence-corrected chi connectivity index (χ2v) is 8.46. The van der Waals surface area contributed by atoms with Crippen molar-refractivity contribution in [3.8, 4) is 22.8 Å². The van der Waals surface area contributed by atoms with E-state index in [4.69, 9.17) is 13.9 Å². The Morgan fingerprint density at radius 2 is 1.86 bits per heavy atom. The van der Waals surface area contributed by atoms with Gasteiger partial charge < -0.3 is 19.2 Å². The number of nitro groups is 1. The summed E-state index contributed by atoms with van der Waals surface area (Å²) in [4.78, 5) is 36.0. The van der Waals surface area contributed by atoms with E-state index in [1.165, 1.54) is 18.3 Å². The number of carbonyl (C=O) groups is 2. The fourth-order valence-corrected chi connectivity index (χ4v) is 3.58. The Labute approximate surface area is 206 Å². The Morgan fingerprint density at radius 3 is 2.61 bits per heavy atom. The highest BCUT2D eigenvalue weighted by atomic mass is 16.7. The molecule has 0 saturated carbocycles. The summed E-state index contributed by atoms with van der Waals surface area (Å²) in [5.74, 6) is 0.634. The van der Waals surface area contributed by atoms with Gasteiger partial charge in [0.2, 0.25) is 6.79 Å². The van der Waals surface area contributed by atoms with E-state index >= 15 is 0 Å². The minimum Gasteiger partial charge on any atom is -0.455 e. The number of hydrogen-bond acceptors (Lipinski definition) is 8. The number of hydrogen-bond donors (Lipinski definition) is 2. The summed E-state index contributed by atoms with van der Waals surface area (Å²) in [6, 6.07) is 11.7. The summed E-state index contributed by atoms with van der Waals surface area (Å²) in [6.07, 6.45) is 1.31. The largest absolute Gasteiger partial charge is 0.455 e. The molecule has 1 atom stereocenters. The number of benzene rings is 2. The molecule has 0 radical (unpaired) electrons. The average molecular weight is 492 g/mol. The maximum atomic E-state index is 12.7. The number of rotatable bonds is 8. The predicted octanol–water partition coefficient (Wildman–Crippen LogP) is 3.80. The summed E-state index contributed by atoms with van der Waals surface area (Å²) in [6.45, 7) is 5.51. The molecule has 1 aliphatic rings. The lowest BCUT2D eigenvalue weighted by Gasteiger charge is -2.20. The van der Waals surface area contributed by atoms with Gasteiger partial charge in [-0.15, -0.1) is 0 Å². The second kappa shape index (κ2) is 10.3. The first-order valence-electron chi connectivity index (χ1n) is 11.1. The van der Waals surface area contributed by atoms with Crippen LogP contribution in [0, 0.1) is 23.0 Å². The van der Waals surface area contributed by atoms with E-state index < -0.39 is 22.8 Å². The van der Waals surface area contributed by atoms with Crippen molar-refractivity contribution in [1.29, 1.82) is 0 Å². The van der Waals surface area contributed by atoms with Gasteiger partial charge in [0, 0.05) is 23.3 Å². The first-order chi connectivity index (χ1) is 17.2. The van der Waals surface area contributed by atoms with E-state index in [0.29, 0.717) is 34.1 Å². The molecule has 1 aliphatic heterocycles. The minimum absolute atomic E-state index is 0.0444. The van der Waals surface area contributed by atoms with Crippen molar-refractivity contribution in [3.63, 3.8) is 0 Å². The number of non-ortho nitro benzene ring substituents is 1. The molecule has 0 aliphatic carbocycles. The van der Waals surface area contributed by atoms with Gasteiger partial charge >= 0.3 is 0 Å². The molecule has 2 amide bonds. The second-order valence-electron chi connectivity index (χ2n) is 8.46. The first kappa shape index (κ1) is 24.5. The van der Waals surface area contributed by atoms with Crippen LogP contribution in [0.5, 0.6) is 11.5 Å². The molecule has 3 aromatic rings. The van der Waals surface area contributed by atoms with Crippen molar-refractivity contribution < 1.29 is 28.4 Å². The third kappa shape index (κ3) is 5.35. The molecular weight excluding hydrogens is 468 g/mol. The van der Waals surface area contributed by atoms with Crippen LogP contribution >= 0.6 is 0 Å². The van der Waals surface area contributed by atoms with Gasteiger partial charge in [0.25, 0.3) is 17.5 Å². The van der Waals surface area contributed by atoms with E-state index in [9.17, 15) is 19.7 Å². The lowest BCUT2D eigenvalue weighted by Crippen LogP contribution is -2.48. The van der Waals surface area contributed by atoms with Crippen LogP contribution in [-0.2, 0) is 4.79 Å². The number of furan rings is 1. The van der Waals surface area contributed by atoms with Crippen molar-refractivity contribution in [1.82, 2.24) is 10.7 Å². The molecule has 0 unspecified atom stereocenters. The number of nitrogens with zero attached hydrogens (tertiary/aromatic N) is 2. The molecule has 0 spiro atoms. The van der Waals surface area contributed by atoms with Crippen LogP contribution in [0.25, 0.3) is 11.3 Å². The fourth-order valence-electron chi connectivity index (χ4n) is 3.58. The molecule has 0 bridgehead atoms. The van der Waals surface area contributed by atoms with Crippen LogP contribution in [0.15, 0.2) is 58.0 Å². The van der Waals surface area contributed by atoms with Crippen LogP contribution in [0.1, 0.15) is 35.5 Å². The molecule has 0 fully saturated rings. The van der Waals surface area contributed by atoms with Gasteiger partial charge in [0.05, 0.1) is 11.1 Å². The normalized spacial score (nSPS) is 13.1.